The van der Waals surface area contributed by atoms with Crippen molar-refractivity contribution in [2.45, 2.75) is 13.8 Å². The lowest BCUT2D eigenvalue weighted by atomic mass is 10.1. The number of methoxy groups -OCH3 is 1. The first-order valence-corrected chi connectivity index (χ1v) is 5.81. The molecule has 0 heterocycles. The second-order valence-electron chi connectivity index (χ2n) is 3.27. The molecule has 2 N–H and O–H groups in total. The Morgan fingerprint density at radius 2 is 1.45 bits per heavy atom. The highest BCUT2D eigenvalue weighted by Gasteiger charge is 2.05. The highest BCUT2D eigenvalue weighted by atomic mass is 16.5. The third kappa shape index (κ3) is 12.3. The number of hydrogen-bond acceptors (Lipinski definition) is 6. The summed E-state index contributed by atoms with van der Waals surface area (Å²) in [6.07, 6.45) is 0. The van der Waals surface area contributed by atoms with E-state index in [4.69, 9.17) is 0 Å². The van der Waals surface area contributed by atoms with Crippen LogP contribution in [0.4, 0.5) is 0 Å². The van der Waals surface area contributed by atoms with Crippen LogP contribution in [0.2, 0.25) is 0 Å². The lowest BCUT2D eigenvalue weighted by molar-refractivity contribution is -0.140. The number of ketones is 1. The zero-order valence-electron chi connectivity index (χ0n) is 12.2. The molecule has 20 heavy (non-hydrogen) atoms. The predicted octanol–water partition coefficient (Wildman–Crippen LogP) is 1.19. The van der Waals surface area contributed by atoms with Gasteiger partial charge in [-0.2, -0.15) is 0 Å². The molecule has 0 fully saturated rings. The average molecular weight is 283 g/mol. The van der Waals surface area contributed by atoms with Gasteiger partial charge in [-0.05, 0) is 7.05 Å². The largest absolute Gasteiger partial charge is 0.469 e. The summed E-state index contributed by atoms with van der Waals surface area (Å²) in [5.41, 5.74) is 5.06. The van der Waals surface area contributed by atoms with Gasteiger partial charge in [0, 0.05) is 19.4 Å². The molecule has 0 aromatic heterocycles. The van der Waals surface area contributed by atoms with E-state index in [-0.39, 0.29) is 18.4 Å². The molecule has 1 aromatic carbocycles. The summed E-state index contributed by atoms with van der Waals surface area (Å²) in [4.78, 5) is 31.3. The molecule has 0 saturated heterocycles. The minimum absolute atomic E-state index is 0.181. The number of rotatable bonds is 3. The maximum atomic E-state index is 11.3. The standard InChI is InChI=1S/C10H10O3.C3H6O2.CH5N/c1-8(11)13-7-10(12)9-5-3-2-4-6-9;1-3(4)5-2;1-2/h2-6H,7H2,1H3;1-2H3;2H2,1H3. The molecule has 6 heteroatoms. The summed E-state index contributed by atoms with van der Waals surface area (Å²) in [7, 11) is 2.85. The third-order valence-corrected chi connectivity index (χ3v) is 1.79. The van der Waals surface area contributed by atoms with Crippen molar-refractivity contribution in [2.75, 3.05) is 20.8 Å². The number of ether oxygens (including phenoxy) is 2. The van der Waals surface area contributed by atoms with Crippen LogP contribution >= 0.6 is 0 Å². The zero-order valence-corrected chi connectivity index (χ0v) is 12.2. The van der Waals surface area contributed by atoms with Crippen molar-refractivity contribution in [2.24, 2.45) is 5.73 Å². The summed E-state index contributed by atoms with van der Waals surface area (Å²) >= 11 is 0. The Morgan fingerprint density at radius 1 is 1.00 bits per heavy atom. The number of carbonyl (C=O) groups excluding carboxylic acids is 3. The van der Waals surface area contributed by atoms with Crippen LogP contribution < -0.4 is 5.73 Å². The number of benzene rings is 1. The fourth-order valence-electron chi connectivity index (χ4n) is 0.875. The smallest absolute Gasteiger partial charge is 0.303 e. The molecule has 0 radical (unpaired) electrons. The van der Waals surface area contributed by atoms with E-state index >= 15 is 0 Å². The van der Waals surface area contributed by atoms with Crippen molar-refractivity contribution in [3.8, 4) is 0 Å². The lowest BCUT2D eigenvalue weighted by Gasteiger charge is -2.00. The van der Waals surface area contributed by atoms with Gasteiger partial charge in [-0.1, -0.05) is 30.3 Å². The van der Waals surface area contributed by atoms with Crippen LogP contribution in [-0.4, -0.2) is 38.5 Å². The number of esters is 2. The van der Waals surface area contributed by atoms with E-state index in [0.29, 0.717) is 5.56 Å². The summed E-state index contributed by atoms with van der Waals surface area (Å²) in [5, 5.41) is 0. The van der Waals surface area contributed by atoms with E-state index < -0.39 is 5.97 Å². The predicted molar refractivity (Wildman–Crippen MR) is 75.2 cm³/mol. The molecule has 112 valence electrons. The molecule has 0 atom stereocenters. The summed E-state index contributed by atoms with van der Waals surface area (Å²) < 4.78 is 8.68. The van der Waals surface area contributed by atoms with Gasteiger partial charge >= 0.3 is 11.9 Å². The average Bonchev–Trinajstić information content (AvgIpc) is 2.48. The number of nitrogens with two attached hydrogens (primary N) is 1. The first kappa shape index (κ1) is 20.1. The van der Waals surface area contributed by atoms with Gasteiger partial charge in [-0.25, -0.2) is 0 Å². The Labute approximate surface area is 118 Å². The normalized spacial score (nSPS) is 8.05. The molecule has 0 aliphatic rings. The Kier molecular flexibility index (Phi) is 13.3. The lowest BCUT2D eigenvalue weighted by Crippen LogP contribution is -2.11. The van der Waals surface area contributed by atoms with Gasteiger partial charge in [0.1, 0.15) is 0 Å². The van der Waals surface area contributed by atoms with Crippen molar-refractivity contribution in [3.63, 3.8) is 0 Å². The maximum Gasteiger partial charge on any atom is 0.303 e. The van der Waals surface area contributed by atoms with Crippen molar-refractivity contribution >= 4 is 17.7 Å². The van der Waals surface area contributed by atoms with E-state index in [1.807, 2.05) is 6.07 Å². The SMILES string of the molecule is CC(=O)OCC(=O)c1ccccc1.CN.COC(C)=O. The first-order chi connectivity index (χ1) is 9.47. The van der Waals surface area contributed by atoms with Crippen LogP contribution in [0.15, 0.2) is 30.3 Å². The number of Topliss-reactive ketones (excluding diaryl/α,β-unsaturated/α-hetero) is 1. The van der Waals surface area contributed by atoms with Crippen molar-refractivity contribution in [1.82, 2.24) is 0 Å². The monoisotopic (exact) mass is 283 g/mol. The van der Waals surface area contributed by atoms with Gasteiger partial charge in [-0.15, -0.1) is 0 Å². The summed E-state index contributed by atoms with van der Waals surface area (Å²) in [6.45, 7) is 2.46. The van der Waals surface area contributed by atoms with Gasteiger partial charge in [0.15, 0.2) is 12.4 Å². The van der Waals surface area contributed by atoms with Crippen LogP contribution in [0.3, 0.4) is 0 Å². The van der Waals surface area contributed by atoms with E-state index in [0.717, 1.165) is 0 Å². The molecular weight excluding hydrogens is 262 g/mol. The Hall–Kier alpha value is -2.21. The van der Waals surface area contributed by atoms with Gasteiger partial charge in [0.25, 0.3) is 0 Å². The van der Waals surface area contributed by atoms with Crippen LogP contribution in [0.5, 0.6) is 0 Å². The number of hydrogen-bond donors (Lipinski definition) is 1. The second kappa shape index (κ2) is 13.2. The molecule has 0 spiro atoms. The summed E-state index contributed by atoms with van der Waals surface area (Å²) in [5.74, 6) is -0.870. The summed E-state index contributed by atoms with van der Waals surface area (Å²) in [6, 6.07) is 8.72. The molecule has 0 saturated carbocycles. The fraction of sp³-hybridized carbons (Fsp3) is 0.357. The fourth-order valence-corrected chi connectivity index (χ4v) is 0.875. The Bertz CT molecular complexity index is 403. The van der Waals surface area contributed by atoms with Gasteiger partial charge in [0.05, 0.1) is 7.11 Å². The van der Waals surface area contributed by atoms with Crippen LogP contribution in [0, 0.1) is 0 Å². The molecule has 6 nitrogen and oxygen atoms in total. The first-order valence-electron chi connectivity index (χ1n) is 5.81. The minimum Gasteiger partial charge on any atom is -0.469 e. The molecule has 0 unspecified atom stereocenters. The van der Waals surface area contributed by atoms with Crippen molar-refractivity contribution in [3.05, 3.63) is 35.9 Å². The van der Waals surface area contributed by atoms with E-state index in [1.54, 1.807) is 24.3 Å². The third-order valence-electron chi connectivity index (χ3n) is 1.79. The molecule has 0 aliphatic carbocycles. The molecule has 0 bridgehead atoms. The van der Waals surface area contributed by atoms with Gasteiger partial charge in [0.2, 0.25) is 0 Å². The molecule has 0 aliphatic heterocycles. The Morgan fingerprint density at radius 3 is 1.80 bits per heavy atom. The second-order valence-corrected chi connectivity index (χ2v) is 3.27. The number of carbonyl (C=O) groups is 3. The molecule has 0 amide bonds. The molecule has 1 aromatic rings. The topological polar surface area (TPSA) is 95.7 Å². The van der Waals surface area contributed by atoms with E-state index in [2.05, 4.69) is 15.2 Å². The minimum atomic E-state index is -0.440. The van der Waals surface area contributed by atoms with E-state index in [9.17, 15) is 14.4 Å². The molecular formula is C14H21NO5. The highest BCUT2D eigenvalue weighted by Crippen LogP contribution is 1.99. The van der Waals surface area contributed by atoms with Crippen LogP contribution in [0.25, 0.3) is 0 Å². The quantitative estimate of drug-likeness (QED) is 0.661. The highest BCUT2D eigenvalue weighted by molar-refractivity contribution is 5.97. The Balaban J connectivity index is 0. The van der Waals surface area contributed by atoms with Gasteiger partial charge in [-0.3, -0.25) is 14.4 Å². The molecule has 1 rings (SSSR count). The van der Waals surface area contributed by atoms with Crippen molar-refractivity contribution < 1.29 is 23.9 Å². The van der Waals surface area contributed by atoms with Crippen LogP contribution in [0.1, 0.15) is 24.2 Å². The zero-order chi connectivity index (χ0) is 16.0. The van der Waals surface area contributed by atoms with Crippen molar-refractivity contribution in [1.29, 1.82) is 0 Å². The van der Waals surface area contributed by atoms with E-state index in [1.165, 1.54) is 28.0 Å². The van der Waals surface area contributed by atoms with Gasteiger partial charge < -0.3 is 15.2 Å². The maximum absolute atomic E-state index is 11.3. The van der Waals surface area contributed by atoms with Crippen LogP contribution in [-0.2, 0) is 19.1 Å².